The minimum atomic E-state index is -1.31. The van der Waals surface area contributed by atoms with Crippen LogP contribution in [0.5, 0.6) is 0 Å². The second-order valence-electron chi connectivity index (χ2n) is 5.09. The molecule has 0 aromatic heterocycles. The molecule has 0 radical (unpaired) electrons. The molecular formula is C14H17F3N2O. The number of halogens is 3. The van der Waals surface area contributed by atoms with E-state index >= 15 is 0 Å². The molecule has 110 valence electrons. The van der Waals surface area contributed by atoms with Gasteiger partial charge in [-0.05, 0) is 32.4 Å². The second kappa shape index (κ2) is 5.83. The van der Waals surface area contributed by atoms with E-state index in [1.165, 1.54) is 0 Å². The lowest BCUT2D eigenvalue weighted by molar-refractivity contribution is -0.127. The molecule has 2 rings (SSSR count). The number of anilines is 1. The number of hydrogen-bond acceptors (Lipinski definition) is 2. The summed E-state index contributed by atoms with van der Waals surface area (Å²) in [5.74, 6) is -3.85. The standard InChI is InChI=1S/C14H17F3N2O/c1-2-14(3-5-18-6-4-14)13(20)19-11-8-9(15)7-10(16)12(11)17/h7-8,18H,2-6H2,1H3,(H,19,20). The van der Waals surface area contributed by atoms with Gasteiger partial charge in [-0.25, -0.2) is 13.2 Å². The van der Waals surface area contributed by atoms with Gasteiger partial charge in [-0.3, -0.25) is 4.79 Å². The van der Waals surface area contributed by atoms with Crippen LogP contribution in [0.15, 0.2) is 12.1 Å². The fourth-order valence-electron chi connectivity index (χ4n) is 2.55. The minimum absolute atomic E-state index is 0.384. The van der Waals surface area contributed by atoms with Crippen molar-refractivity contribution in [2.24, 2.45) is 5.41 Å². The first-order valence-corrected chi connectivity index (χ1v) is 6.65. The van der Waals surface area contributed by atoms with Gasteiger partial charge < -0.3 is 10.6 Å². The quantitative estimate of drug-likeness (QED) is 0.839. The summed E-state index contributed by atoms with van der Waals surface area (Å²) in [6, 6.07) is 1.24. The van der Waals surface area contributed by atoms with Crippen molar-refractivity contribution in [1.29, 1.82) is 0 Å². The highest BCUT2D eigenvalue weighted by atomic mass is 19.2. The summed E-state index contributed by atoms with van der Waals surface area (Å²) in [4.78, 5) is 12.3. The molecule has 1 aromatic rings. The van der Waals surface area contributed by atoms with Gasteiger partial charge >= 0.3 is 0 Å². The molecule has 0 spiro atoms. The van der Waals surface area contributed by atoms with E-state index in [-0.39, 0.29) is 5.91 Å². The van der Waals surface area contributed by atoms with E-state index in [2.05, 4.69) is 10.6 Å². The van der Waals surface area contributed by atoms with E-state index in [9.17, 15) is 18.0 Å². The Morgan fingerprint density at radius 3 is 2.55 bits per heavy atom. The Morgan fingerprint density at radius 2 is 1.95 bits per heavy atom. The molecule has 2 N–H and O–H groups in total. The number of piperidine rings is 1. The van der Waals surface area contributed by atoms with Crippen LogP contribution in [-0.4, -0.2) is 19.0 Å². The van der Waals surface area contributed by atoms with E-state index in [0.717, 1.165) is 6.07 Å². The van der Waals surface area contributed by atoms with Gasteiger partial charge in [0.2, 0.25) is 5.91 Å². The Balaban J connectivity index is 2.22. The average Bonchev–Trinajstić information content (AvgIpc) is 2.44. The van der Waals surface area contributed by atoms with Crippen LogP contribution in [0.2, 0.25) is 0 Å². The number of benzene rings is 1. The van der Waals surface area contributed by atoms with E-state index in [0.29, 0.717) is 38.4 Å². The molecular weight excluding hydrogens is 269 g/mol. The predicted molar refractivity (Wildman–Crippen MR) is 69.8 cm³/mol. The van der Waals surface area contributed by atoms with Crippen LogP contribution in [0, 0.1) is 22.9 Å². The molecule has 1 saturated heterocycles. The first-order chi connectivity index (χ1) is 9.48. The van der Waals surface area contributed by atoms with Crippen molar-refractivity contribution in [3.8, 4) is 0 Å². The zero-order chi connectivity index (χ0) is 14.8. The molecule has 1 aliphatic rings. The van der Waals surface area contributed by atoms with Crippen molar-refractivity contribution in [1.82, 2.24) is 5.32 Å². The Hall–Kier alpha value is -1.56. The second-order valence-corrected chi connectivity index (χ2v) is 5.09. The van der Waals surface area contributed by atoms with Gasteiger partial charge in [0.1, 0.15) is 5.82 Å². The first-order valence-electron chi connectivity index (χ1n) is 6.65. The fraction of sp³-hybridized carbons (Fsp3) is 0.500. The van der Waals surface area contributed by atoms with Gasteiger partial charge in [-0.1, -0.05) is 6.92 Å². The molecule has 0 saturated carbocycles. The first kappa shape index (κ1) is 14.8. The number of amides is 1. The molecule has 20 heavy (non-hydrogen) atoms. The topological polar surface area (TPSA) is 41.1 Å². The molecule has 1 heterocycles. The largest absolute Gasteiger partial charge is 0.323 e. The van der Waals surface area contributed by atoms with Crippen molar-refractivity contribution in [2.75, 3.05) is 18.4 Å². The maximum atomic E-state index is 13.6. The van der Waals surface area contributed by atoms with Crippen molar-refractivity contribution < 1.29 is 18.0 Å². The summed E-state index contributed by atoms with van der Waals surface area (Å²) < 4.78 is 39.8. The third-order valence-corrected chi connectivity index (χ3v) is 3.96. The van der Waals surface area contributed by atoms with Crippen molar-refractivity contribution in [2.45, 2.75) is 26.2 Å². The summed E-state index contributed by atoms with van der Waals surface area (Å²) in [5.41, 5.74) is -1.06. The molecule has 0 aliphatic carbocycles. The van der Waals surface area contributed by atoms with Gasteiger partial charge in [0, 0.05) is 12.1 Å². The number of hydrogen-bond donors (Lipinski definition) is 2. The van der Waals surface area contributed by atoms with Crippen molar-refractivity contribution in [3.63, 3.8) is 0 Å². The maximum absolute atomic E-state index is 13.6. The summed E-state index contributed by atoms with van der Waals surface area (Å²) in [7, 11) is 0. The van der Waals surface area contributed by atoms with Gasteiger partial charge in [0.05, 0.1) is 11.1 Å². The number of nitrogens with one attached hydrogen (secondary N) is 2. The van der Waals surface area contributed by atoms with Crippen LogP contribution < -0.4 is 10.6 Å². The maximum Gasteiger partial charge on any atom is 0.230 e. The molecule has 3 nitrogen and oxygen atoms in total. The van der Waals surface area contributed by atoms with E-state index in [4.69, 9.17) is 0 Å². The molecule has 6 heteroatoms. The van der Waals surface area contributed by atoms with E-state index in [1.807, 2.05) is 6.92 Å². The average molecular weight is 286 g/mol. The van der Waals surface area contributed by atoms with Crippen LogP contribution in [0.25, 0.3) is 0 Å². The van der Waals surface area contributed by atoms with E-state index in [1.54, 1.807) is 0 Å². The highest BCUT2D eigenvalue weighted by molar-refractivity contribution is 5.95. The lowest BCUT2D eigenvalue weighted by Gasteiger charge is -2.35. The van der Waals surface area contributed by atoms with E-state index < -0.39 is 28.6 Å². The van der Waals surface area contributed by atoms with Crippen LogP contribution in [-0.2, 0) is 4.79 Å². The Labute approximate surface area is 115 Å². The Kier molecular flexibility index (Phi) is 4.32. The molecule has 1 amide bonds. The third-order valence-electron chi connectivity index (χ3n) is 3.96. The number of carbonyl (C=O) groups excluding carboxylic acids is 1. The summed E-state index contributed by atoms with van der Waals surface area (Å²) >= 11 is 0. The molecule has 0 unspecified atom stereocenters. The Bertz CT molecular complexity index is 513. The number of rotatable bonds is 3. The zero-order valence-corrected chi connectivity index (χ0v) is 11.2. The SMILES string of the molecule is CCC1(C(=O)Nc2cc(F)cc(F)c2F)CCNCC1. The van der Waals surface area contributed by atoms with Crippen molar-refractivity contribution in [3.05, 3.63) is 29.6 Å². The monoisotopic (exact) mass is 286 g/mol. The Morgan fingerprint density at radius 1 is 1.30 bits per heavy atom. The summed E-state index contributed by atoms with van der Waals surface area (Å²) in [5, 5.41) is 5.48. The molecule has 1 aromatic carbocycles. The molecule has 1 aliphatic heterocycles. The predicted octanol–water partition coefficient (Wildman–Crippen LogP) is 2.82. The summed E-state index contributed by atoms with van der Waals surface area (Å²) in [6.45, 7) is 3.27. The van der Waals surface area contributed by atoms with Gasteiger partial charge in [-0.15, -0.1) is 0 Å². The van der Waals surface area contributed by atoms with Gasteiger partial charge in [0.25, 0.3) is 0 Å². The van der Waals surface area contributed by atoms with Gasteiger partial charge in [0.15, 0.2) is 11.6 Å². The van der Waals surface area contributed by atoms with Crippen molar-refractivity contribution >= 4 is 11.6 Å². The third kappa shape index (κ3) is 2.80. The van der Waals surface area contributed by atoms with Crippen LogP contribution in [0.1, 0.15) is 26.2 Å². The molecule has 0 bridgehead atoms. The lowest BCUT2D eigenvalue weighted by atomic mass is 9.76. The zero-order valence-electron chi connectivity index (χ0n) is 11.2. The van der Waals surface area contributed by atoms with Crippen LogP contribution in [0.4, 0.5) is 18.9 Å². The minimum Gasteiger partial charge on any atom is -0.323 e. The lowest BCUT2D eigenvalue weighted by Crippen LogP contribution is -2.44. The molecule has 0 atom stereocenters. The van der Waals surface area contributed by atoms with Gasteiger partial charge in [-0.2, -0.15) is 0 Å². The smallest absolute Gasteiger partial charge is 0.230 e. The molecule has 1 fully saturated rings. The summed E-state index contributed by atoms with van der Waals surface area (Å²) in [6.07, 6.45) is 1.84. The van der Waals surface area contributed by atoms with Crippen LogP contribution in [0.3, 0.4) is 0 Å². The van der Waals surface area contributed by atoms with Crippen LogP contribution >= 0.6 is 0 Å². The fourth-order valence-corrected chi connectivity index (χ4v) is 2.55. The normalized spacial score (nSPS) is 17.8. The highest BCUT2D eigenvalue weighted by Gasteiger charge is 2.38. The highest BCUT2D eigenvalue weighted by Crippen LogP contribution is 2.34. The number of carbonyl (C=O) groups is 1.